The van der Waals surface area contributed by atoms with Crippen LogP contribution in [0.5, 0.6) is 5.75 Å². The van der Waals surface area contributed by atoms with Crippen LogP contribution in [0.25, 0.3) is 17.1 Å². The van der Waals surface area contributed by atoms with Crippen LogP contribution < -0.4 is 4.74 Å². The molecule has 2 aromatic carbocycles. The van der Waals surface area contributed by atoms with Gasteiger partial charge in [-0.2, -0.15) is 13.2 Å². The van der Waals surface area contributed by atoms with Gasteiger partial charge in [-0.05, 0) is 42.5 Å². The van der Waals surface area contributed by atoms with Gasteiger partial charge in [0.05, 0.1) is 30.4 Å². The van der Waals surface area contributed by atoms with Gasteiger partial charge >= 0.3 is 12.1 Å². The second-order valence-corrected chi connectivity index (χ2v) is 7.20. The maximum Gasteiger partial charge on any atom is 0.392 e. The second-order valence-electron chi connectivity index (χ2n) is 6.36. The normalized spacial score (nSPS) is 11.5. The SMILES string of the molecule is O=C(O)c1nc(-c2ccc(Cl)cc2Cl)n(-c2ccc(OCCC(F)(F)F)cc2)c1CO. The Labute approximate surface area is 184 Å². The van der Waals surface area contributed by atoms with Crippen molar-refractivity contribution in [3.63, 3.8) is 0 Å². The molecule has 11 heteroatoms. The van der Waals surface area contributed by atoms with E-state index in [0.717, 1.165) is 0 Å². The summed E-state index contributed by atoms with van der Waals surface area (Å²) in [5, 5.41) is 19.9. The summed E-state index contributed by atoms with van der Waals surface area (Å²) >= 11 is 12.2. The maximum atomic E-state index is 12.3. The highest BCUT2D eigenvalue weighted by Crippen LogP contribution is 2.34. The molecule has 0 bridgehead atoms. The predicted octanol–water partition coefficient (Wildman–Crippen LogP) is 5.37. The number of hydrogen-bond donors (Lipinski definition) is 2. The summed E-state index contributed by atoms with van der Waals surface area (Å²) in [4.78, 5) is 15.8. The van der Waals surface area contributed by atoms with Crippen molar-refractivity contribution in [3.8, 4) is 22.8 Å². The van der Waals surface area contributed by atoms with E-state index < -0.39 is 31.8 Å². The van der Waals surface area contributed by atoms with Crippen LogP contribution in [-0.2, 0) is 6.61 Å². The largest absolute Gasteiger partial charge is 0.493 e. The summed E-state index contributed by atoms with van der Waals surface area (Å²) < 4.78 is 43.3. The molecule has 3 rings (SSSR count). The van der Waals surface area contributed by atoms with Crippen LogP contribution in [0.2, 0.25) is 10.0 Å². The number of carboxylic acids is 1. The molecule has 0 aliphatic rings. The number of nitrogens with zero attached hydrogens (tertiary/aromatic N) is 2. The lowest BCUT2D eigenvalue weighted by molar-refractivity contribution is -0.139. The monoisotopic (exact) mass is 474 g/mol. The molecule has 0 saturated heterocycles. The van der Waals surface area contributed by atoms with Gasteiger partial charge in [-0.1, -0.05) is 23.2 Å². The van der Waals surface area contributed by atoms with E-state index in [2.05, 4.69) is 4.98 Å². The fourth-order valence-electron chi connectivity index (χ4n) is 2.88. The summed E-state index contributed by atoms with van der Waals surface area (Å²) in [5.74, 6) is -1.00. The number of aliphatic hydroxyl groups is 1. The van der Waals surface area contributed by atoms with E-state index >= 15 is 0 Å². The molecule has 0 radical (unpaired) electrons. The zero-order valence-electron chi connectivity index (χ0n) is 15.7. The first-order valence-electron chi connectivity index (χ1n) is 8.82. The molecule has 0 fully saturated rings. The Morgan fingerprint density at radius 1 is 1.13 bits per heavy atom. The van der Waals surface area contributed by atoms with Gasteiger partial charge in [0.1, 0.15) is 11.6 Å². The average Bonchev–Trinajstić information content (AvgIpc) is 3.07. The van der Waals surface area contributed by atoms with Crippen molar-refractivity contribution in [1.82, 2.24) is 9.55 Å². The van der Waals surface area contributed by atoms with Crippen LogP contribution in [-0.4, -0.2) is 38.5 Å². The highest BCUT2D eigenvalue weighted by Gasteiger charge is 2.27. The fraction of sp³-hybridized carbons (Fsp3) is 0.200. The molecule has 3 aromatic rings. The Bertz CT molecular complexity index is 1100. The van der Waals surface area contributed by atoms with Crippen molar-refractivity contribution in [2.75, 3.05) is 6.61 Å². The molecule has 6 nitrogen and oxygen atoms in total. The van der Waals surface area contributed by atoms with Crippen molar-refractivity contribution in [2.24, 2.45) is 0 Å². The Kier molecular flexibility index (Phi) is 6.78. The molecule has 0 aliphatic carbocycles. The van der Waals surface area contributed by atoms with Crippen molar-refractivity contribution < 1.29 is 32.9 Å². The molecule has 0 amide bonds. The van der Waals surface area contributed by atoms with Crippen LogP contribution in [0.15, 0.2) is 42.5 Å². The number of carbonyl (C=O) groups is 1. The van der Waals surface area contributed by atoms with Crippen LogP contribution in [0.1, 0.15) is 22.6 Å². The third-order valence-electron chi connectivity index (χ3n) is 4.25. The lowest BCUT2D eigenvalue weighted by Gasteiger charge is -2.14. The van der Waals surface area contributed by atoms with Crippen molar-refractivity contribution in [2.45, 2.75) is 19.2 Å². The molecular formula is C20H15Cl2F3N2O4. The number of imidazole rings is 1. The third kappa shape index (κ3) is 5.30. The van der Waals surface area contributed by atoms with Gasteiger partial charge in [0.15, 0.2) is 5.69 Å². The van der Waals surface area contributed by atoms with E-state index in [-0.39, 0.29) is 28.0 Å². The number of aromatic nitrogens is 2. The fourth-order valence-corrected chi connectivity index (χ4v) is 3.37. The first-order valence-corrected chi connectivity index (χ1v) is 9.57. The van der Waals surface area contributed by atoms with Gasteiger partial charge in [-0.15, -0.1) is 0 Å². The van der Waals surface area contributed by atoms with E-state index in [4.69, 9.17) is 27.9 Å². The van der Waals surface area contributed by atoms with Crippen LogP contribution in [0.3, 0.4) is 0 Å². The molecule has 164 valence electrons. The predicted molar refractivity (Wildman–Crippen MR) is 108 cm³/mol. The Hall–Kier alpha value is -2.75. The van der Waals surface area contributed by atoms with E-state index in [1.54, 1.807) is 12.1 Å². The zero-order chi connectivity index (χ0) is 22.8. The quantitative estimate of drug-likeness (QED) is 0.480. The van der Waals surface area contributed by atoms with Gasteiger partial charge in [0.2, 0.25) is 0 Å². The lowest BCUT2D eigenvalue weighted by atomic mass is 10.2. The topological polar surface area (TPSA) is 84.6 Å². The summed E-state index contributed by atoms with van der Waals surface area (Å²) in [6, 6.07) is 10.4. The molecule has 0 saturated carbocycles. The Morgan fingerprint density at radius 2 is 1.81 bits per heavy atom. The molecular weight excluding hydrogens is 460 g/mol. The Balaban J connectivity index is 2.04. The van der Waals surface area contributed by atoms with E-state index in [1.807, 2.05) is 0 Å². The van der Waals surface area contributed by atoms with Gasteiger partial charge in [0.25, 0.3) is 0 Å². The first-order chi connectivity index (χ1) is 14.6. The van der Waals surface area contributed by atoms with Gasteiger partial charge in [0, 0.05) is 16.3 Å². The van der Waals surface area contributed by atoms with Crippen molar-refractivity contribution in [3.05, 3.63) is 63.9 Å². The number of carboxylic acid groups (broad SMARTS) is 1. The zero-order valence-corrected chi connectivity index (χ0v) is 17.2. The molecule has 31 heavy (non-hydrogen) atoms. The average molecular weight is 475 g/mol. The number of aromatic carboxylic acids is 1. The number of alkyl halides is 3. The van der Waals surface area contributed by atoms with E-state index in [0.29, 0.717) is 16.3 Å². The number of hydrogen-bond acceptors (Lipinski definition) is 4. The van der Waals surface area contributed by atoms with E-state index in [1.165, 1.54) is 34.9 Å². The molecule has 0 unspecified atom stereocenters. The minimum absolute atomic E-state index is 0.000688. The Morgan fingerprint density at radius 3 is 2.35 bits per heavy atom. The second kappa shape index (κ2) is 9.17. The van der Waals surface area contributed by atoms with E-state index in [9.17, 15) is 28.2 Å². The number of rotatable bonds is 7. The van der Waals surface area contributed by atoms with Gasteiger partial charge < -0.3 is 14.9 Å². The molecule has 2 N–H and O–H groups in total. The smallest absolute Gasteiger partial charge is 0.392 e. The number of aliphatic hydroxyl groups excluding tert-OH is 1. The van der Waals surface area contributed by atoms with Crippen LogP contribution >= 0.6 is 23.2 Å². The van der Waals surface area contributed by atoms with Crippen molar-refractivity contribution >= 4 is 29.2 Å². The van der Waals surface area contributed by atoms with Crippen LogP contribution in [0, 0.1) is 0 Å². The molecule has 0 aliphatic heterocycles. The standard InChI is InChI=1S/C20H15Cl2F3N2O4/c21-11-1-6-14(15(22)9-11)18-26-17(19(29)30)16(10-28)27(18)12-2-4-13(5-3-12)31-8-7-20(23,24)25/h1-6,9,28H,7-8,10H2,(H,29,30). The summed E-state index contributed by atoms with van der Waals surface area (Å²) in [6.07, 6.45) is -5.42. The maximum absolute atomic E-state index is 12.3. The van der Waals surface area contributed by atoms with Gasteiger partial charge in [-0.25, -0.2) is 9.78 Å². The molecule has 1 heterocycles. The summed E-state index contributed by atoms with van der Waals surface area (Å²) in [5.41, 5.74) is 0.403. The first kappa shape index (κ1) is 22.9. The number of halogens is 5. The number of benzene rings is 2. The molecule has 1 aromatic heterocycles. The highest BCUT2D eigenvalue weighted by molar-refractivity contribution is 6.36. The molecule has 0 atom stereocenters. The minimum Gasteiger partial charge on any atom is -0.493 e. The van der Waals surface area contributed by atoms with Crippen LogP contribution in [0.4, 0.5) is 13.2 Å². The van der Waals surface area contributed by atoms with Gasteiger partial charge in [-0.3, -0.25) is 4.57 Å². The third-order valence-corrected chi connectivity index (χ3v) is 4.79. The lowest BCUT2D eigenvalue weighted by Crippen LogP contribution is -2.13. The highest BCUT2D eigenvalue weighted by atomic mass is 35.5. The minimum atomic E-state index is -4.33. The molecule has 0 spiro atoms. The summed E-state index contributed by atoms with van der Waals surface area (Å²) in [7, 11) is 0. The van der Waals surface area contributed by atoms with Crippen molar-refractivity contribution in [1.29, 1.82) is 0 Å². The number of ether oxygens (including phenoxy) is 1. The summed E-state index contributed by atoms with van der Waals surface area (Å²) in [6.45, 7) is -1.17.